The lowest BCUT2D eigenvalue weighted by Crippen LogP contribution is -2.53. The number of aryl methyl sites for hydroxylation is 3. The van der Waals surface area contributed by atoms with Crippen LogP contribution in [-0.4, -0.2) is 44.3 Å². The Bertz CT molecular complexity index is 1740. The lowest BCUT2D eigenvalue weighted by molar-refractivity contribution is -0.140. The molecule has 4 rings (SSSR count). The lowest BCUT2D eigenvalue weighted by atomic mass is 10.0. The molecule has 236 valence electrons. The second kappa shape index (κ2) is 15.0. The molecule has 0 fully saturated rings. The third-order valence-electron chi connectivity index (χ3n) is 7.36. The molecule has 0 aliphatic carbocycles. The Balaban J connectivity index is 1.84. The molecule has 0 unspecified atom stereocenters. The second-order valence-corrected chi connectivity index (χ2v) is 13.7. The molecule has 0 saturated heterocycles. The third kappa shape index (κ3) is 8.66. The van der Waals surface area contributed by atoms with Crippen LogP contribution in [0.5, 0.6) is 0 Å². The highest BCUT2D eigenvalue weighted by Crippen LogP contribution is 2.28. The predicted molar refractivity (Wildman–Crippen MR) is 181 cm³/mol. The van der Waals surface area contributed by atoms with Crippen molar-refractivity contribution in [2.45, 2.75) is 51.6 Å². The first-order chi connectivity index (χ1) is 21.4. The fourth-order valence-corrected chi connectivity index (χ4v) is 7.01. The van der Waals surface area contributed by atoms with Crippen molar-refractivity contribution in [3.63, 3.8) is 0 Å². The molecule has 0 aromatic heterocycles. The van der Waals surface area contributed by atoms with E-state index in [2.05, 4.69) is 5.32 Å². The van der Waals surface area contributed by atoms with Gasteiger partial charge in [0.1, 0.15) is 12.6 Å². The number of amides is 2. The minimum Gasteiger partial charge on any atom is -0.355 e. The first-order valence-corrected chi connectivity index (χ1v) is 16.8. The SMILES string of the molecule is CCNC(=O)[C@@H](Cc1ccccc1)N(Cc1ccc(Cl)cc1Cl)C(=O)CN(c1cc(C)cc(C)c1)S(=O)(=O)c1ccc(C)cc1. The van der Waals surface area contributed by atoms with Crippen molar-refractivity contribution in [1.82, 2.24) is 10.2 Å². The van der Waals surface area contributed by atoms with E-state index in [1.54, 1.807) is 49.4 Å². The minimum atomic E-state index is -4.19. The largest absolute Gasteiger partial charge is 0.355 e. The minimum absolute atomic E-state index is 0.0469. The Morgan fingerprint density at radius 2 is 1.47 bits per heavy atom. The van der Waals surface area contributed by atoms with Crippen LogP contribution < -0.4 is 9.62 Å². The van der Waals surface area contributed by atoms with E-state index >= 15 is 0 Å². The summed E-state index contributed by atoms with van der Waals surface area (Å²) in [6, 6.07) is 25.2. The normalized spacial score (nSPS) is 12.0. The average molecular weight is 667 g/mol. The van der Waals surface area contributed by atoms with Gasteiger partial charge in [0, 0.05) is 29.6 Å². The lowest BCUT2D eigenvalue weighted by Gasteiger charge is -2.34. The molecule has 4 aromatic rings. The van der Waals surface area contributed by atoms with Gasteiger partial charge in [-0.15, -0.1) is 0 Å². The zero-order chi connectivity index (χ0) is 32.7. The molecular formula is C35H37Cl2N3O4S. The summed E-state index contributed by atoms with van der Waals surface area (Å²) in [4.78, 5) is 29.6. The van der Waals surface area contributed by atoms with Crippen LogP contribution in [0.15, 0.2) is 95.9 Å². The maximum Gasteiger partial charge on any atom is 0.264 e. The summed E-state index contributed by atoms with van der Waals surface area (Å²) in [5.41, 5.74) is 4.35. The molecule has 0 radical (unpaired) electrons. The van der Waals surface area contributed by atoms with Crippen LogP contribution in [0.25, 0.3) is 0 Å². The molecule has 45 heavy (non-hydrogen) atoms. The summed E-state index contributed by atoms with van der Waals surface area (Å²) in [6.07, 6.45) is 0.206. The van der Waals surface area contributed by atoms with E-state index in [0.29, 0.717) is 27.8 Å². The van der Waals surface area contributed by atoms with Crippen LogP contribution in [0.3, 0.4) is 0 Å². The highest BCUT2D eigenvalue weighted by atomic mass is 35.5. The Morgan fingerprint density at radius 1 is 0.822 bits per heavy atom. The number of carbonyl (C=O) groups excluding carboxylic acids is 2. The van der Waals surface area contributed by atoms with Gasteiger partial charge in [0.15, 0.2) is 0 Å². The number of sulfonamides is 1. The van der Waals surface area contributed by atoms with Crippen molar-refractivity contribution in [3.05, 3.63) is 129 Å². The molecule has 7 nitrogen and oxygen atoms in total. The number of hydrogen-bond donors (Lipinski definition) is 1. The molecule has 0 heterocycles. The van der Waals surface area contributed by atoms with Crippen LogP contribution in [0.4, 0.5) is 5.69 Å². The summed E-state index contributed by atoms with van der Waals surface area (Å²) in [5.74, 6) is -0.929. The van der Waals surface area contributed by atoms with Crippen LogP contribution in [0.2, 0.25) is 10.0 Å². The number of anilines is 1. The maximum atomic E-state index is 14.5. The van der Waals surface area contributed by atoms with Gasteiger partial charge < -0.3 is 10.2 Å². The molecule has 4 aromatic carbocycles. The standard InChI is InChI=1S/C35H37Cl2N3O4S/c1-5-38-35(42)33(20-27-9-7-6-8-10-27)39(22-28-13-14-29(36)21-32(28)37)34(41)23-40(30-18-25(3)17-26(4)19-30)45(43,44)31-15-11-24(2)12-16-31/h6-19,21,33H,5,20,22-23H2,1-4H3,(H,38,42)/t33-/m1/s1. The maximum absolute atomic E-state index is 14.5. The van der Waals surface area contributed by atoms with Crippen LogP contribution in [0, 0.1) is 20.8 Å². The van der Waals surface area contributed by atoms with Gasteiger partial charge in [0.2, 0.25) is 11.8 Å². The van der Waals surface area contributed by atoms with Gasteiger partial charge in [0.05, 0.1) is 10.6 Å². The number of rotatable bonds is 12. The van der Waals surface area contributed by atoms with E-state index in [9.17, 15) is 18.0 Å². The number of hydrogen-bond acceptors (Lipinski definition) is 4. The summed E-state index contributed by atoms with van der Waals surface area (Å²) in [7, 11) is -4.19. The van der Waals surface area contributed by atoms with E-state index in [0.717, 1.165) is 26.6 Å². The van der Waals surface area contributed by atoms with Crippen LogP contribution in [-0.2, 0) is 32.6 Å². The van der Waals surface area contributed by atoms with Gasteiger partial charge in [0.25, 0.3) is 10.0 Å². The third-order valence-corrected chi connectivity index (χ3v) is 9.74. The topological polar surface area (TPSA) is 86.8 Å². The van der Waals surface area contributed by atoms with Gasteiger partial charge >= 0.3 is 0 Å². The van der Waals surface area contributed by atoms with Crippen molar-refractivity contribution < 1.29 is 18.0 Å². The van der Waals surface area contributed by atoms with Crippen LogP contribution >= 0.6 is 23.2 Å². The zero-order valence-corrected chi connectivity index (χ0v) is 28.1. The van der Waals surface area contributed by atoms with Gasteiger partial charge in [-0.05, 0) is 86.3 Å². The average Bonchev–Trinajstić information content (AvgIpc) is 2.98. The second-order valence-electron chi connectivity index (χ2n) is 11.0. The van der Waals surface area contributed by atoms with Crippen molar-refractivity contribution >= 4 is 50.7 Å². The van der Waals surface area contributed by atoms with Gasteiger partial charge in [-0.2, -0.15) is 0 Å². The number of likely N-dealkylation sites (N-methyl/N-ethyl adjacent to an activating group) is 1. The fraction of sp³-hybridized carbons (Fsp3) is 0.257. The van der Waals surface area contributed by atoms with Crippen LogP contribution in [0.1, 0.15) is 34.7 Å². The van der Waals surface area contributed by atoms with Gasteiger partial charge in [-0.25, -0.2) is 8.42 Å². The molecule has 0 saturated carbocycles. The van der Waals surface area contributed by atoms with E-state index in [1.165, 1.54) is 17.0 Å². The first-order valence-electron chi connectivity index (χ1n) is 14.6. The van der Waals surface area contributed by atoms with Crippen molar-refractivity contribution in [2.75, 3.05) is 17.4 Å². The number of nitrogens with zero attached hydrogens (tertiary/aromatic N) is 2. The molecule has 1 atom stereocenters. The molecular weight excluding hydrogens is 629 g/mol. The first kappa shape index (κ1) is 34.0. The molecule has 0 aliphatic heterocycles. The molecule has 1 N–H and O–H groups in total. The fourth-order valence-electron chi connectivity index (χ4n) is 5.14. The van der Waals surface area contributed by atoms with E-state index in [1.807, 2.05) is 57.2 Å². The molecule has 10 heteroatoms. The van der Waals surface area contributed by atoms with Crippen molar-refractivity contribution in [1.29, 1.82) is 0 Å². The zero-order valence-electron chi connectivity index (χ0n) is 25.8. The summed E-state index contributed by atoms with van der Waals surface area (Å²) < 4.78 is 29.5. The Morgan fingerprint density at radius 3 is 2.07 bits per heavy atom. The smallest absolute Gasteiger partial charge is 0.264 e. The Kier molecular flexibility index (Phi) is 11.3. The number of nitrogens with one attached hydrogen (secondary N) is 1. The molecule has 0 bridgehead atoms. The summed E-state index contributed by atoms with van der Waals surface area (Å²) >= 11 is 12.7. The Labute approximate surface area is 275 Å². The summed E-state index contributed by atoms with van der Waals surface area (Å²) in [5, 5.41) is 3.61. The van der Waals surface area contributed by atoms with Crippen molar-refractivity contribution in [2.24, 2.45) is 0 Å². The predicted octanol–water partition coefficient (Wildman–Crippen LogP) is 6.89. The Hall–Kier alpha value is -3.85. The van der Waals surface area contributed by atoms with Gasteiger partial charge in [-0.1, -0.05) is 83.4 Å². The molecule has 0 aliphatic rings. The molecule has 2 amide bonds. The highest BCUT2D eigenvalue weighted by Gasteiger charge is 2.35. The number of carbonyl (C=O) groups is 2. The van der Waals surface area contributed by atoms with Gasteiger partial charge in [-0.3, -0.25) is 13.9 Å². The van der Waals surface area contributed by atoms with E-state index < -0.39 is 28.5 Å². The highest BCUT2D eigenvalue weighted by molar-refractivity contribution is 7.92. The number of halogens is 2. The quantitative estimate of drug-likeness (QED) is 0.179. The number of benzene rings is 4. The summed E-state index contributed by atoms with van der Waals surface area (Å²) in [6.45, 7) is 7.17. The molecule has 0 spiro atoms. The van der Waals surface area contributed by atoms with E-state index in [4.69, 9.17) is 23.2 Å². The van der Waals surface area contributed by atoms with Crippen molar-refractivity contribution in [3.8, 4) is 0 Å². The van der Waals surface area contributed by atoms with E-state index in [-0.39, 0.29) is 23.8 Å². The monoisotopic (exact) mass is 665 g/mol.